The van der Waals surface area contributed by atoms with Crippen LogP contribution in [0, 0.1) is 32.8 Å². The summed E-state index contributed by atoms with van der Waals surface area (Å²) in [4.78, 5) is 10.4. The van der Waals surface area contributed by atoms with E-state index in [2.05, 4.69) is 5.10 Å². The molecule has 130 valence electrons. The quantitative estimate of drug-likeness (QED) is 0.433. The highest BCUT2D eigenvalue weighted by Crippen LogP contribution is 2.27. The number of nitro benzene ring substituents is 1. The number of nitriles is 2. The van der Waals surface area contributed by atoms with Crippen LogP contribution in [0.1, 0.15) is 16.8 Å². The van der Waals surface area contributed by atoms with Gasteiger partial charge in [-0.25, -0.2) is 4.68 Å². The Bertz CT molecular complexity index is 1130. The number of nitrogen functional groups attached to an aromatic ring is 1. The largest absolute Gasteiger partial charge is 0.382 e. The Kier molecular flexibility index (Phi) is 4.65. The fourth-order valence-electron chi connectivity index (χ4n) is 2.54. The van der Waals surface area contributed by atoms with E-state index in [1.807, 2.05) is 18.2 Å². The van der Waals surface area contributed by atoms with Gasteiger partial charge in [0.15, 0.2) is 0 Å². The van der Waals surface area contributed by atoms with Crippen LogP contribution in [0.25, 0.3) is 17.3 Å². The molecule has 0 saturated carbocycles. The van der Waals surface area contributed by atoms with E-state index in [0.29, 0.717) is 11.3 Å². The lowest BCUT2D eigenvalue weighted by Crippen LogP contribution is -2.02. The highest BCUT2D eigenvalue weighted by atomic mass is 16.6. The SMILES string of the molecule is N#C/C(=C\c1cccc([N+](=O)[O-])c1)c1nn(-c2ccccc2)c(N)c1C#N. The molecule has 0 aliphatic rings. The molecule has 0 amide bonds. The Morgan fingerprint density at radius 1 is 1.19 bits per heavy atom. The number of aromatic nitrogens is 2. The molecule has 3 aromatic rings. The van der Waals surface area contributed by atoms with Crippen molar-refractivity contribution >= 4 is 23.2 Å². The van der Waals surface area contributed by atoms with Crippen molar-refractivity contribution in [1.82, 2.24) is 9.78 Å². The summed E-state index contributed by atoms with van der Waals surface area (Å²) in [6.07, 6.45) is 1.44. The second-order valence-electron chi connectivity index (χ2n) is 5.49. The fourth-order valence-corrected chi connectivity index (χ4v) is 2.54. The van der Waals surface area contributed by atoms with Gasteiger partial charge in [-0.15, -0.1) is 0 Å². The molecular formula is C19H12N6O2. The van der Waals surface area contributed by atoms with E-state index in [9.17, 15) is 20.6 Å². The van der Waals surface area contributed by atoms with Crippen LogP contribution in [0.3, 0.4) is 0 Å². The van der Waals surface area contributed by atoms with Gasteiger partial charge in [0.05, 0.1) is 16.2 Å². The smallest absolute Gasteiger partial charge is 0.270 e. The zero-order chi connectivity index (χ0) is 19.4. The van der Waals surface area contributed by atoms with E-state index in [-0.39, 0.29) is 28.3 Å². The number of para-hydroxylation sites is 1. The van der Waals surface area contributed by atoms with Gasteiger partial charge < -0.3 is 5.73 Å². The zero-order valence-electron chi connectivity index (χ0n) is 13.9. The molecule has 0 unspecified atom stereocenters. The standard InChI is InChI=1S/C19H12N6O2/c20-11-14(9-13-5-4-8-16(10-13)25(26)27)18-17(12-21)19(22)24(23-18)15-6-2-1-3-7-15/h1-10H,22H2/b14-9+. The third-order valence-electron chi connectivity index (χ3n) is 3.80. The van der Waals surface area contributed by atoms with Gasteiger partial charge in [-0.05, 0) is 23.8 Å². The molecule has 0 aliphatic heterocycles. The van der Waals surface area contributed by atoms with Gasteiger partial charge in [-0.1, -0.05) is 30.3 Å². The Hall–Kier alpha value is -4.43. The summed E-state index contributed by atoms with van der Waals surface area (Å²) in [5, 5.41) is 34.3. The van der Waals surface area contributed by atoms with Gasteiger partial charge in [0.2, 0.25) is 0 Å². The molecule has 27 heavy (non-hydrogen) atoms. The predicted octanol–water partition coefficient (Wildman–Crippen LogP) is 3.30. The van der Waals surface area contributed by atoms with E-state index in [4.69, 9.17) is 5.73 Å². The molecule has 0 fully saturated rings. The Labute approximate surface area is 154 Å². The van der Waals surface area contributed by atoms with Crippen molar-refractivity contribution in [3.05, 3.63) is 81.5 Å². The van der Waals surface area contributed by atoms with Crippen LogP contribution in [0.4, 0.5) is 11.5 Å². The van der Waals surface area contributed by atoms with Crippen LogP contribution < -0.4 is 5.73 Å². The maximum absolute atomic E-state index is 10.9. The Morgan fingerprint density at radius 2 is 1.93 bits per heavy atom. The molecule has 8 nitrogen and oxygen atoms in total. The van der Waals surface area contributed by atoms with E-state index < -0.39 is 4.92 Å². The highest BCUT2D eigenvalue weighted by Gasteiger charge is 2.20. The molecule has 2 N–H and O–H groups in total. The molecule has 0 spiro atoms. The molecular weight excluding hydrogens is 344 g/mol. The van der Waals surface area contributed by atoms with Crippen molar-refractivity contribution in [3.8, 4) is 17.8 Å². The Balaban J connectivity index is 2.14. The van der Waals surface area contributed by atoms with Crippen molar-refractivity contribution in [1.29, 1.82) is 10.5 Å². The number of anilines is 1. The molecule has 0 saturated heterocycles. The summed E-state index contributed by atoms with van der Waals surface area (Å²) in [6.45, 7) is 0. The number of non-ortho nitro benzene ring substituents is 1. The first-order chi connectivity index (χ1) is 13.0. The monoisotopic (exact) mass is 356 g/mol. The average molecular weight is 356 g/mol. The number of benzene rings is 2. The number of rotatable bonds is 4. The van der Waals surface area contributed by atoms with Crippen molar-refractivity contribution in [3.63, 3.8) is 0 Å². The van der Waals surface area contributed by atoms with Gasteiger partial charge >= 0.3 is 0 Å². The van der Waals surface area contributed by atoms with Crippen molar-refractivity contribution in [2.45, 2.75) is 0 Å². The second kappa shape index (κ2) is 7.21. The molecule has 0 bridgehead atoms. The van der Waals surface area contributed by atoms with Crippen molar-refractivity contribution in [2.24, 2.45) is 0 Å². The van der Waals surface area contributed by atoms with E-state index in [1.165, 1.54) is 29.0 Å². The highest BCUT2D eigenvalue weighted by molar-refractivity contribution is 5.91. The van der Waals surface area contributed by atoms with Crippen molar-refractivity contribution < 1.29 is 4.92 Å². The number of nitrogens with zero attached hydrogens (tertiary/aromatic N) is 5. The van der Waals surface area contributed by atoms with Crippen LogP contribution in [0.5, 0.6) is 0 Å². The lowest BCUT2D eigenvalue weighted by atomic mass is 10.1. The number of hydrogen-bond acceptors (Lipinski definition) is 6. The number of nitrogens with two attached hydrogens (primary N) is 1. The lowest BCUT2D eigenvalue weighted by molar-refractivity contribution is -0.384. The van der Waals surface area contributed by atoms with Crippen LogP contribution in [0.2, 0.25) is 0 Å². The first kappa shape index (κ1) is 17.4. The molecule has 0 atom stereocenters. The molecule has 1 aromatic heterocycles. The maximum atomic E-state index is 10.9. The van der Waals surface area contributed by atoms with Crippen LogP contribution in [-0.4, -0.2) is 14.7 Å². The van der Waals surface area contributed by atoms with Crippen LogP contribution >= 0.6 is 0 Å². The number of allylic oxidation sites excluding steroid dienone is 1. The summed E-state index contributed by atoms with van der Waals surface area (Å²) < 4.78 is 1.38. The molecule has 3 rings (SSSR count). The van der Waals surface area contributed by atoms with Crippen LogP contribution in [0.15, 0.2) is 54.6 Å². The normalized spacial score (nSPS) is 10.8. The lowest BCUT2D eigenvalue weighted by Gasteiger charge is -2.02. The predicted molar refractivity (Wildman–Crippen MR) is 99.3 cm³/mol. The minimum atomic E-state index is -0.522. The van der Waals surface area contributed by atoms with Crippen molar-refractivity contribution in [2.75, 3.05) is 5.73 Å². The van der Waals surface area contributed by atoms with Crippen LogP contribution in [-0.2, 0) is 0 Å². The minimum absolute atomic E-state index is 0.0667. The third kappa shape index (κ3) is 3.36. The summed E-state index contributed by atoms with van der Waals surface area (Å²) in [6, 6.07) is 18.8. The average Bonchev–Trinajstić information content (AvgIpc) is 3.03. The fraction of sp³-hybridized carbons (Fsp3) is 0. The van der Waals surface area contributed by atoms with Gasteiger partial charge in [-0.3, -0.25) is 10.1 Å². The number of nitro groups is 1. The Morgan fingerprint density at radius 3 is 2.56 bits per heavy atom. The van der Waals surface area contributed by atoms with E-state index in [1.54, 1.807) is 30.3 Å². The first-order valence-electron chi connectivity index (χ1n) is 7.75. The molecule has 1 heterocycles. The summed E-state index contributed by atoms with van der Waals surface area (Å²) in [5.41, 5.74) is 7.30. The number of hydrogen-bond donors (Lipinski definition) is 1. The summed E-state index contributed by atoms with van der Waals surface area (Å²) in [5.74, 6) is 0.110. The summed E-state index contributed by atoms with van der Waals surface area (Å²) >= 11 is 0. The molecule has 0 radical (unpaired) electrons. The third-order valence-corrected chi connectivity index (χ3v) is 3.80. The molecule has 8 heteroatoms. The first-order valence-corrected chi connectivity index (χ1v) is 7.75. The molecule has 0 aliphatic carbocycles. The topological polar surface area (TPSA) is 135 Å². The maximum Gasteiger partial charge on any atom is 0.270 e. The second-order valence-corrected chi connectivity index (χ2v) is 5.49. The summed E-state index contributed by atoms with van der Waals surface area (Å²) in [7, 11) is 0. The van der Waals surface area contributed by atoms with Gasteiger partial charge in [0.1, 0.15) is 29.2 Å². The van der Waals surface area contributed by atoms with Gasteiger partial charge in [0.25, 0.3) is 5.69 Å². The van der Waals surface area contributed by atoms with E-state index >= 15 is 0 Å². The molecule has 2 aromatic carbocycles. The van der Waals surface area contributed by atoms with Gasteiger partial charge in [-0.2, -0.15) is 15.6 Å². The van der Waals surface area contributed by atoms with Gasteiger partial charge in [0, 0.05) is 12.1 Å². The van der Waals surface area contributed by atoms with E-state index in [0.717, 1.165) is 0 Å². The zero-order valence-corrected chi connectivity index (χ0v) is 13.9. The minimum Gasteiger partial charge on any atom is -0.382 e.